The zero-order valence-corrected chi connectivity index (χ0v) is 21.0. The highest BCUT2D eigenvalue weighted by molar-refractivity contribution is 7.88. The van der Waals surface area contributed by atoms with Crippen LogP contribution in [0.25, 0.3) is 0 Å². The molecule has 0 unspecified atom stereocenters. The third-order valence-corrected chi connectivity index (χ3v) is 6.94. The predicted octanol–water partition coefficient (Wildman–Crippen LogP) is 2.37. The normalized spacial score (nSPS) is 12.2. The second-order valence-corrected chi connectivity index (χ2v) is 10.5. The number of sulfonamides is 1. The highest BCUT2D eigenvalue weighted by Gasteiger charge is 2.31. The average Bonchev–Trinajstić information content (AvgIpc) is 2.86. The highest BCUT2D eigenvalue weighted by atomic mass is 32.2. The van der Waals surface area contributed by atoms with Gasteiger partial charge in [-0.25, -0.2) is 12.8 Å². The van der Waals surface area contributed by atoms with E-state index < -0.39 is 40.2 Å². The molecule has 1 aromatic heterocycles. The number of aromatic nitrogens is 1. The fourth-order valence-corrected chi connectivity index (χ4v) is 3.89. The molecule has 0 radical (unpaired) electrons. The monoisotopic (exact) mass is 512 g/mol. The minimum absolute atomic E-state index is 0.00308. The summed E-state index contributed by atoms with van der Waals surface area (Å²) >= 11 is 0. The van der Waals surface area contributed by atoms with E-state index in [0.29, 0.717) is 5.56 Å². The van der Waals surface area contributed by atoms with E-state index in [2.05, 4.69) is 10.3 Å². The van der Waals surface area contributed by atoms with Crippen LogP contribution >= 0.6 is 0 Å². The molecule has 3 rings (SSSR count). The third-order valence-electron chi connectivity index (χ3n) is 5.68. The number of likely N-dealkylation sites (N-methyl/N-ethyl adjacent to an activating group) is 1. The number of nitrogens with zero attached hydrogens (tertiary/aromatic N) is 3. The lowest BCUT2D eigenvalue weighted by Gasteiger charge is -2.32. The van der Waals surface area contributed by atoms with E-state index in [1.807, 2.05) is 30.3 Å². The molecule has 0 bridgehead atoms. The van der Waals surface area contributed by atoms with Crippen LogP contribution in [-0.4, -0.2) is 60.3 Å². The maximum atomic E-state index is 13.5. The second kappa shape index (κ2) is 12.4. The van der Waals surface area contributed by atoms with Crippen LogP contribution in [0, 0.1) is 5.82 Å². The summed E-state index contributed by atoms with van der Waals surface area (Å²) in [6, 6.07) is 17.4. The maximum absolute atomic E-state index is 13.5. The fraction of sp³-hybridized carbons (Fsp3) is 0.269. The molecule has 1 N–H and O–H groups in total. The first-order chi connectivity index (χ1) is 17.1. The van der Waals surface area contributed by atoms with Gasteiger partial charge in [-0.05, 0) is 41.0 Å². The van der Waals surface area contributed by atoms with Gasteiger partial charge in [0, 0.05) is 39.0 Å². The summed E-state index contributed by atoms with van der Waals surface area (Å²) in [6.07, 6.45) is 4.45. The fourth-order valence-electron chi connectivity index (χ4n) is 3.55. The lowest BCUT2D eigenvalue weighted by Crippen LogP contribution is -2.52. The smallest absolute Gasteiger partial charge is 0.243 e. The predicted molar refractivity (Wildman–Crippen MR) is 134 cm³/mol. The minimum atomic E-state index is -3.63. The lowest BCUT2D eigenvalue weighted by atomic mass is 10.0. The molecular weight excluding hydrogens is 483 g/mol. The van der Waals surface area contributed by atoms with Gasteiger partial charge in [-0.15, -0.1) is 0 Å². The Morgan fingerprint density at radius 1 is 0.944 bits per heavy atom. The maximum Gasteiger partial charge on any atom is 0.243 e. The molecule has 190 valence electrons. The van der Waals surface area contributed by atoms with Crippen molar-refractivity contribution in [2.24, 2.45) is 0 Å². The van der Waals surface area contributed by atoms with Crippen LogP contribution in [0.4, 0.5) is 4.39 Å². The summed E-state index contributed by atoms with van der Waals surface area (Å²) in [5.74, 6) is -1.37. The van der Waals surface area contributed by atoms with Gasteiger partial charge in [0.2, 0.25) is 21.8 Å². The molecule has 0 spiro atoms. The topological polar surface area (TPSA) is 99.7 Å². The number of hydrogen-bond acceptors (Lipinski definition) is 5. The van der Waals surface area contributed by atoms with Crippen LogP contribution in [0.15, 0.2) is 79.1 Å². The van der Waals surface area contributed by atoms with Crippen LogP contribution in [0.1, 0.15) is 16.7 Å². The van der Waals surface area contributed by atoms with E-state index >= 15 is 0 Å². The zero-order valence-electron chi connectivity index (χ0n) is 20.2. The number of carbonyl (C=O) groups is 2. The van der Waals surface area contributed by atoms with Crippen molar-refractivity contribution < 1.29 is 22.4 Å². The van der Waals surface area contributed by atoms with Crippen molar-refractivity contribution in [1.29, 1.82) is 0 Å². The van der Waals surface area contributed by atoms with E-state index in [4.69, 9.17) is 0 Å². The molecule has 10 heteroatoms. The van der Waals surface area contributed by atoms with Gasteiger partial charge in [0.1, 0.15) is 11.9 Å². The van der Waals surface area contributed by atoms with Crippen molar-refractivity contribution in [1.82, 2.24) is 19.5 Å². The number of halogens is 1. The molecule has 2 aromatic carbocycles. The van der Waals surface area contributed by atoms with Gasteiger partial charge in [0.05, 0.1) is 12.8 Å². The van der Waals surface area contributed by atoms with Gasteiger partial charge in [0.25, 0.3) is 0 Å². The summed E-state index contributed by atoms with van der Waals surface area (Å²) < 4.78 is 38.4. The number of hydrogen-bond donors (Lipinski definition) is 1. The van der Waals surface area contributed by atoms with Crippen LogP contribution < -0.4 is 5.32 Å². The molecule has 0 saturated carbocycles. The summed E-state index contributed by atoms with van der Waals surface area (Å²) in [5.41, 5.74) is 2.27. The summed E-state index contributed by atoms with van der Waals surface area (Å²) in [5, 5.41) is 2.88. The highest BCUT2D eigenvalue weighted by Crippen LogP contribution is 2.16. The second-order valence-electron chi connectivity index (χ2n) is 8.45. The van der Waals surface area contributed by atoms with Gasteiger partial charge in [-0.1, -0.05) is 42.5 Å². The van der Waals surface area contributed by atoms with Gasteiger partial charge in [0.15, 0.2) is 0 Å². The molecule has 0 aliphatic rings. The molecular formula is C26H29FN4O4S. The quantitative estimate of drug-likeness (QED) is 0.425. The molecule has 0 aliphatic heterocycles. The number of carbonyl (C=O) groups excluding carboxylic acids is 2. The molecule has 2 amide bonds. The number of nitrogens with one attached hydrogen (secondary N) is 1. The van der Waals surface area contributed by atoms with Crippen molar-refractivity contribution in [2.45, 2.75) is 25.6 Å². The molecule has 0 aliphatic carbocycles. The molecule has 0 fully saturated rings. The van der Waals surface area contributed by atoms with Crippen molar-refractivity contribution >= 4 is 21.8 Å². The van der Waals surface area contributed by atoms with Gasteiger partial charge in [-0.3, -0.25) is 14.6 Å². The molecule has 0 saturated heterocycles. The zero-order chi connectivity index (χ0) is 26.1. The minimum Gasteiger partial charge on any atom is -0.350 e. The van der Waals surface area contributed by atoms with Crippen LogP contribution in [0.5, 0.6) is 0 Å². The number of rotatable bonds is 11. The molecule has 3 aromatic rings. The van der Waals surface area contributed by atoms with Crippen LogP contribution in [0.2, 0.25) is 0 Å². The Labute approximate surface area is 210 Å². The molecule has 8 nitrogen and oxygen atoms in total. The Balaban J connectivity index is 1.94. The lowest BCUT2D eigenvalue weighted by molar-refractivity contribution is -0.141. The van der Waals surface area contributed by atoms with Crippen molar-refractivity contribution in [3.05, 3.63) is 102 Å². The van der Waals surface area contributed by atoms with Gasteiger partial charge < -0.3 is 10.2 Å². The average molecular weight is 513 g/mol. The van der Waals surface area contributed by atoms with E-state index in [9.17, 15) is 22.4 Å². The van der Waals surface area contributed by atoms with E-state index in [-0.39, 0.29) is 19.5 Å². The SMILES string of the molecule is CN(CC(=O)N(Cc1ccc(F)cc1)[C@H](Cc1ccccc1)C(=O)NCc1ccncc1)S(C)(=O)=O. The number of pyridine rings is 1. The Morgan fingerprint density at radius 3 is 2.19 bits per heavy atom. The van der Waals surface area contributed by atoms with Gasteiger partial charge in [-0.2, -0.15) is 4.31 Å². The first kappa shape index (κ1) is 27.0. The van der Waals surface area contributed by atoms with Crippen molar-refractivity contribution in [3.63, 3.8) is 0 Å². The molecule has 1 atom stereocenters. The Morgan fingerprint density at radius 2 is 1.58 bits per heavy atom. The van der Waals surface area contributed by atoms with Crippen molar-refractivity contribution in [3.8, 4) is 0 Å². The van der Waals surface area contributed by atoms with Gasteiger partial charge >= 0.3 is 0 Å². The van der Waals surface area contributed by atoms with E-state index in [0.717, 1.165) is 21.7 Å². The van der Waals surface area contributed by atoms with Crippen molar-refractivity contribution in [2.75, 3.05) is 19.8 Å². The van der Waals surface area contributed by atoms with Crippen LogP contribution in [0.3, 0.4) is 0 Å². The largest absolute Gasteiger partial charge is 0.350 e. The third kappa shape index (κ3) is 7.96. The Bertz CT molecular complexity index is 1260. The summed E-state index contributed by atoms with van der Waals surface area (Å²) in [6.45, 7) is -0.214. The van der Waals surface area contributed by atoms with E-state index in [1.54, 1.807) is 24.5 Å². The standard InChI is InChI=1S/C26H29FN4O4S/c1-30(36(2,34)35)19-25(32)31(18-22-8-10-23(27)11-9-22)24(16-20-6-4-3-5-7-20)26(33)29-17-21-12-14-28-15-13-21/h3-15,24H,16-19H2,1-2H3,(H,29,33)/t24-/m1/s1. The number of amides is 2. The summed E-state index contributed by atoms with van der Waals surface area (Å²) in [4.78, 5) is 32.2. The molecule has 1 heterocycles. The van der Waals surface area contributed by atoms with Crippen LogP contribution in [-0.2, 0) is 39.1 Å². The summed E-state index contributed by atoms with van der Waals surface area (Å²) in [7, 11) is -2.33. The Hall–Kier alpha value is -3.63. The first-order valence-corrected chi connectivity index (χ1v) is 13.1. The first-order valence-electron chi connectivity index (χ1n) is 11.3. The Kier molecular flexibility index (Phi) is 9.26. The van der Waals surface area contributed by atoms with E-state index in [1.165, 1.54) is 36.2 Å². The number of benzene rings is 2. The molecule has 36 heavy (non-hydrogen) atoms.